The maximum absolute atomic E-state index is 6.07. The van der Waals surface area contributed by atoms with E-state index in [1.165, 1.54) is 0 Å². The summed E-state index contributed by atoms with van der Waals surface area (Å²) in [5.41, 5.74) is 3.10. The van der Waals surface area contributed by atoms with Gasteiger partial charge in [0.1, 0.15) is 12.4 Å². The molecule has 0 aliphatic carbocycles. The fourth-order valence-corrected chi connectivity index (χ4v) is 3.77. The number of benzene rings is 3. The van der Waals surface area contributed by atoms with E-state index < -0.39 is 0 Å². The summed E-state index contributed by atoms with van der Waals surface area (Å²) >= 11 is 9.70. The summed E-state index contributed by atoms with van der Waals surface area (Å²) in [4.78, 5) is 0. The molecule has 158 valence electrons. The highest BCUT2D eigenvalue weighted by Crippen LogP contribution is 2.37. The van der Waals surface area contributed by atoms with E-state index in [1.807, 2.05) is 74.5 Å². The van der Waals surface area contributed by atoms with E-state index >= 15 is 0 Å². The van der Waals surface area contributed by atoms with E-state index in [0.717, 1.165) is 27.0 Å². The third-order valence-electron chi connectivity index (χ3n) is 4.30. The van der Waals surface area contributed by atoms with Gasteiger partial charge in [0.05, 0.1) is 17.7 Å². The van der Waals surface area contributed by atoms with Crippen LogP contribution in [0.5, 0.6) is 17.2 Å². The Labute approximate surface area is 191 Å². The highest BCUT2D eigenvalue weighted by Gasteiger charge is 2.13. The third-order valence-corrected chi connectivity index (χ3v) is 5.13. The van der Waals surface area contributed by atoms with Crippen LogP contribution < -0.4 is 19.5 Å². The SMILES string of the molecule is CCOc1ccc(NCc2cc(Br)c(OCc3cccc(Cl)c3)c(OCC)c2)cc1. The molecule has 3 aromatic carbocycles. The fourth-order valence-electron chi connectivity index (χ4n) is 2.95. The van der Waals surface area contributed by atoms with Crippen LogP contribution in [-0.2, 0) is 13.2 Å². The van der Waals surface area contributed by atoms with Gasteiger partial charge in [0.25, 0.3) is 0 Å². The summed E-state index contributed by atoms with van der Waals surface area (Å²) in [6.45, 7) is 6.20. The number of anilines is 1. The van der Waals surface area contributed by atoms with Gasteiger partial charge in [-0.25, -0.2) is 0 Å². The van der Waals surface area contributed by atoms with E-state index in [2.05, 4.69) is 21.2 Å². The minimum absolute atomic E-state index is 0.406. The molecule has 0 aliphatic rings. The van der Waals surface area contributed by atoms with Crippen molar-refractivity contribution < 1.29 is 14.2 Å². The molecule has 0 saturated heterocycles. The van der Waals surface area contributed by atoms with Gasteiger partial charge in [-0.15, -0.1) is 0 Å². The minimum Gasteiger partial charge on any atom is -0.494 e. The standard InChI is InChI=1S/C24H25BrClNO3/c1-3-28-21-10-8-20(9-11-21)27-15-18-13-22(25)24(23(14-18)29-4-2)30-16-17-6-5-7-19(26)12-17/h5-14,27H,3-4,15-16H2,1-2H3. The second-order valence-corrected chi connectivity index (χ2v) is 7.86. The summed E-state index contributed by atoms with van der Waals surface area (Å²) < 4.78 is 18.2. The predicted octanol–water partition coefficient (Wildman–Crippen LogP) is 7.09. The Morgan fingerprint density at radius 2 is 1.63 bits per heavy atom. The Balaban J connectivity index is 1.70. The molecule has 3 rings (SSSR count). The van der Waals surface area contributed by atoms with Gasteiger partial charge in [-0.1, -0.05) is 23.7 Å². The van der Waals surface area contributed by atoms with Gasteiger partial charge >= 0.3 is 0 Å². The van der Waals surface area contributed by atoms with Crippen molar-refractivity contribution in [2.24, 2.45) is 0 Å². The van der Waals surface area contributed by atoms with Crippen molar-refractivity contribution in [1.29, 1.82) is 0 Å². The van der Waals surface area contributed by atoms with Crippen molar-refractivity contribution in [2.45, 2.75) is 27.0 Å². The number of halogens is 2. The van der Waals surface area contributed by atoms with E-state index in [4.69, 9.17) is 25.8 Å². The van der Waals surface area contributed by atoms with Crippen molar-refractivity contribution in [3.05, 3.63) is 81.3 Å². The van der Waals surface area contributed by atoms with Gasteiger partial charge < -0.3 is 19.5 Å². The van der Waals surface area contributed by atoms with Gasteiger partial charge in [-0.2, -0.15) is 0 Å². The molecule has 4 nitrogen and oxygen atoms in total. The quantitative estimate of drug-likeness (QED) is 0.329. The van der Waals surface area contributed by atoms with Gasteiger partial charge in [-0.3, -0.25) is 0 Å². The van der Waals surface area contributed by atoms with Crippen LogP contribution in [0, 0.1) is 0 Å². The molecule has 0 fully saturated rings. The van der Waals surface area contributed by atoms with Crippen LogP contribution in [0.3, 0.4) is 0 Å². The normalized spacial score (nSPS) is 10.5. The molecule has 0 unspecified atom stereocenters. The molecule has 0 radical (unpaired) electrons. The number of ether oxygens (including phenoxy) is 3. The van der Waals surface area contributed by atoms with Crippen molar-refractivity contribution in [3.8, 4) is 17.2 Å². The first kappa shape index (κ1) is 22.3. The average molecular weight is 491 g/mol. The lowest BCUT2D eigenvalue weighted by atomic mass is 10.2. The molecule has 3 aromatic rings. The Hall–Kier alpha value is -2.37. The maximum atomic E-state index is 6.07. The first-order valence-electron chi connectivity index (χ1n) is 9.88. The van der Waals surface area contributed by atoms with Crippen molar-refractivity contribution >= 4 is 33.2 Å². The Bertz CT molecular complexity index is 963. The van der Waals surface area contributed by atoms with Gasteiger partial charge in [0.2, 0.25) is 0 Å². The summed E-state index contributed by atoms with van der Waals surface area (Å²) in [6, 6.07) is 19.6. The minimum atomic E-state index is 0.406. The van der Waals surface area contributed by atoms with Crippen LogP contribution in [-0.4, -0.2) is 13.2 Å². The molecule has 6 heteroatoms. The Morgan fingerprint density at radius 3 is 2.33 bits per heavy atom. The Kier molecular flexibility index (Phi) is 8.29. The number of hydrogen-bond acceptors (Lipinski definition) is 4. The van der Waals surface area contributed by atoms with Gasteiger partial charge in [-0.05, 0) is 89.4 Å². The highest BCUT2D eigenvalue weighted by atomic mass is 79.9. The summed E-state index contributed by atoms with van der Waals surface area (Å²) in [5.74, 6) is 2.25. The van der Waals surface area contributed by atoms with Gasteiger partial charge in [0, 0.05) is 17.3 Å². The largest absolute Gasteiger partial charge is 0.494 e. The zero-order valence-corrected chi connectivity index (χ0v) is 19.4. The molecule has 0 heterocycles. The van der Waals surface area contributed by atoms with E-state index in [1.54, 1.807) is 0 Å². The molecular weight excluding hydrogens is 466 g/mol. The lowest BCUT2D eigenvalue weighted by molar-refractivity contribution is 0.267. The van der Waals surface area contributed by atoms with Crippen molar-refractivity contribution in [2.75, 3.05) is 18.5 Å². The van der Waals surface area contributed by atoms with Crippen LogP contribution in [0.1, 0.15) is 25.0 Å². The second kappa shape index (κ2) is 11.1. The van der Waals surface area contributed by atoms with Crippen LogP contribution in [0.4, 0.5) is 5.69 Å². The smallest absolute Gasteiger partial charge is 0.175 e. The molecule has 0 bridgehead atoms. The van der Waals surface area contributed by atoms with E-state index in [-0.39, 0.29) is 0 Å². The lowest BCUT2D eigenvalue weighted by Crippen LogP contribution is -2.04. The van der Waals surface area contributed by atoms with Crippen molar-refractivity contribution in [1.82, 2.24) is 0 Å². The van der Waals surface area contributed by atoms with Crippen LogP contribution in [0.25, 0.3) is 0 Å². The van der Waals surface area contributed by atoms with Crippen LogP contribution in [0.15, 0.2) is 65.1 Å². The van der Waals surface area contributed by atoms with Crippen LogP contribution >= 0.6 is 27.5 Å². The fraction of sp³-hybridized carbons (Fsp3) is 0.250. The summed E-state index contributed by atoms with van der Waals surface area (Å²) in [7, 11) is 0. The average Bonchev–Trinajstić information content (AvgIpc) is 2.73. The van der Waals surface area contributed by atoms with Crippen LogP contribution in [0.2, 0.25) is 5.02 Å². The number of nitrogens with one attached hydrogen (secondary N) is 1. The zero-order chi connectivity index (χ0) is 21.3. The van der Waals surface area contributed by atoms with Crippen molar-refractivity contribution in [3.63, 3.8) is 0 Å². The molecule has 0 amide bonds. The number of rotatable bonds is 10. The molecule has 0 aliphatic heterocycles. The predicted molar refractivity (Wildman–Crippen MR) is 126 cm³/mol. The zero-order valence-electron chi connectivity index (χ0n) is 17.1. The molecule has 1 N–H and O–H groups in total. The maximum Gasteiger partial charge on any atom is 0.175 e. The molecule has 0 aromatic heterocycles. The third kappa shape index (κ3) is 6.31. The van der Waals surface area contributed by atoms with E-state index in [0.29, 0.717) is 42.9 Å². The highest BCUT2D eigenvalue weighted by molar-refractivity contribution is 9.10. The Morgan fingerprint density at radius 1 is 0.867 bits per heavy atom. The first-order chi connectivity index (χ1) is 14.6. The molecular formula is C24H25BrClNO3. The summed E-state index contributed by atoms with van der Waals surface area (Å²) in [6.07, 6.45) is 0. The molecule has 0 saturated carbocycles. The molecule has 0 atom stereocenters. The molecule has 0 spiro atoms. The van der Waals surface area contributed by atoms with E-state index in [9.17, 15) is 0 Å². The lowest BCUT2D eigenvalue weighted by Gasteiger charge is -2.16. The first-order valence-corrected chi connectivity index (χ1v) is 11.0. The van der Waals surface area contributed by atoms with Gasteiger partial charge in [0.15, 0.2) is 11.5 Å². The molecule has 30 heavy (non-hydrogen) atoms. The topological polar surface area (TPSA) is 39.7 Å². The monoisotopic (exact) mass is 489 g/mol. The second-order valence-electron chi connectivity index (χ2n) is 6.57. The number of hydrogen-bond donors (Lipinski definition) is 1. The summed E-state index contributed by atoms with van der Waals surface area (Å²) in [5, 5.41) is 4.11.